The van der Waals surface area contributed by atoms with Gasteiger partial charge in [-0.2, -0.15) is 0 Å². The van der Waals surface area contributed by atoms with Crippen LogP contribution in [0.3, 0.4) is 0 Å². The Morgan fingerprint density at radius 3 is 2.11 bits per heavy atom. The molecule has 0 unspecified atom stereocenters. The Morgan fingerprint density at radius 2 is 1.74 bits per heavy atom. The summed E-state index contributed by atoms with van der Waals surface area (Å²) in [6.45, 7) is 0. The third-order valence-electron chi connectivity index (χ3n) is 2.48. The second-order valence-electron chi connectivity index (χ2n) is 3.72. The van der Waals surface area contributed by atoms with Gasteiger partial charge in [0, 0.05) is 6.42 Å². The molecule has 0 heterocycles. The lowest BCUT2D eigenvalue weighted by atomic mass is 9.81. The molecule has 0 aliphatic carbocycles. The number of methoxy groups -OCH3 is 2. The summed E-state index contributed by atoms with van der Waals surface area (Å²) in [4.78, 5) is 33.9. The number of ether oxygens (including phenoxy) is 2. The summed E-state index contributed by atoms with van der Waals surface area (Å²) in [5, 5.41) is 8.49. The number of terminal acetylenes is 1. The lowest BCUT2D eigenvalue weighted by Gasteiger charge is -2.24. The van der Waals surface area contributed by atoms with E-state index < -0.39 is 23.3 Å². The minimum atomic E-state index is -1.63. The molecule has 0 saturated carbocycles. The van der Waals surface area contributed by atoms with E-state index in [1.807, 2.05) is 0 Å². The molecule has 0 saturated heterocycles. The topological polar surface area (TPSA) is 89.9 Å². The molecular formula is C13H16O6. The van der Waals surface area contributed by atoms with Crippen LogP contribution in [0, 0.1) is 17.8 Å². The zero-order valence-electron chi connectivity index (χ0n) is 10.8. The Morgan fingerprint density at radius 1 is 1.21 bits per heavy atom. The van der Waals surface area contributed by atoms with Crippen molar-refractivity contribution in [3.05, 3.63) is 12.2 Å². The molecule has 1 N–H and O–H groups in total. The van der Waals surface area contributed by atoms with Crippen LogP contribution in [0.5, 0.6) is 0 Å². The molecule has 6 nitrogen and oxygen atoms in total. The highest BCUT2D eigenvalue weighted by atomic mass is 16.5. The molecular weight excluding hydrogens is 252 g/mol. The van der Waals surface area contributed by atoms with Crippen molar-refractivity contribution in [2.75, 3.05) is 14.2 Å². The molecule has 0 spiro atoms. The second kappa shape index (κ2) is 7.93. The fraction of sp³-hybridized carbons (Fsp3) is 0.462. The highest BCUT2D eigenvalue weighted by Crippen LogP contribution is 2.30. The molecule has 0 amide bonds. The minimum absolute atomic E-state index is 0.0795. The number of carboxylic acids is 1. The summed E-state index contributed by atoms with van der Waals surface area (Å²) in [6, 6.07) is 0. The molecule has 19 heavy (non-hydrogen) atoms. The summed E-state index contributed by atoms with van der Waals surface area (Å²) in [5.41, 5.74) is -1.63. The highest BCUT2D eigenvalue weighted by Gasteiger charge is 2.46. The maximum Gasteiger partial charge on any atom is 0.324 e. The Balaban J connectivity index is 5.18. The van der Waals surface area contributed by atoms with E-state index in [9.17, 15) is 14.4 Å². The quantitative estimate of drug-likeness (QED) is 0.317. The summed E-state index contributed by atoms with van der Waals surface area (Å²) >= 11 is 0. The first-order valence-electron chi connectivity index (χ1n) is 5.41. The molecule has 0 atom stereocenters. The molecule has 0 bridgehead atoms. The molecule has 0 aromatic heterocycles. The standard InChI is InChI=1S/C13H16O6/c1-4-8-13(11(16)18-2,12(17)19-3)9-6-5-7-10(14)15/h1,5-6H,7-9H2,2-3H3,(H,14,15)/b6-5+. The maximum absolute atomic E-state index is 11.8. The van der Waals surface area contributed by atoms with Gasteiger partial charge in [0.2, 0.25) is 0 Å². The van der Waals surface area contributed by atoms with Crippen molar-refractivity contribution in [3.63, 3.8) is 0 Å². The number of hydrogen-bond acceptors (Lipinski definition) is 5. The number of aliphatic carboxylic acids is 1. The minimum Gasteiger partial charge on any atom is -0.481 e. The van der Waals surface area contributed by atoms with Crippen LogP contribution in [0.4, 0.5) is 0 Å². The summed E-state index contributed by atoms with van der Waals surface area (Å²) < 4.78 is 9.17. The number of hydrogen-bond donors (Lipinski definition) is 1. The molecule has 0 fully saturated rings. The first kappa shape index (κ1) is 16.7. The van der Waals surface area contributed by atoms with Gasteiger partial charge in [0.05, 0.1) is 20.6 Å². The largest absolute Gasteiger partial charge is 0.481 e. The molecule has 6 heteroatoms. The number of rotatable bonds is 7. The first-order valence-corrected chi connectivity index (χ1v) is 5.41. The van der Waals surface area contributed by atoms with E-state index in [0.29, 0.717) is 0 Å². The SMILES string of the molecule is C#CCC(C/C=C/CC(=O)O)(C(=O)OC)C(=O)OC. The van der Waals surface area contributed by atoms with Crippen LogP contribution >= 0.6 is 0 Å². The van der Waals surface area contributed by atoms with E-state index in [1.165, 1.54) is 12.2 Å². The van der Waals surface area contributed by atoms with Crippen LogP contribution in [-0.4, -0.2) is 37.2 Å². The third kappa shape index (κ3) is 4.47. The van der Waals surface area contributed by atoms with Crippen molar-refractivity contribution in [1.82, 2.24) is 0 Å². The van der Waals surface area contributed by atoms with Gasteiger partial charge in [-0.1, -0.05) is 12.2 Å². The average molecular weight is 268 g/mol. The van der Waals surface area contributed by atoms with Crippen molar-refractivity contribution in [1.29, 1.82) is 0 Å². The van der Waals surface area contributed by atoms with Crippen LogP contribution in [0.15, 0.2) is 12.2 Å². The van der Waals surface area contributed by atoms with Gasteiger partial charge < -0.3 is 14.6 Å². The van der Waals surface area contributed by atoms with Crippen molar-refractivity contribution in [2.45, 2.75) is 19.3 Å². The fourth-order valence-corrected chi connectivity index (χ4v) is 1.50. The molecule has 0 aromatic carbocycles. The number of carbonyl (C=O) groups excluding carboxylic acids is 2. The van der Waals surface area contributed by atoms with Gasteiger partial charge in [-0.25, -0.2) is 0 Å². The van der Waals surface area contributed by atoms with Crippen LogP contribution < -0.4 is 0 Å². The Kier molecular flexibility index (Phi) is 6.97. The Labute approximate surface area is 111 Å². The lowest BCUT2D eigenvalue weighted by molar-refractivity contribution is -0.168. The first-order chi connectivity index (χ1) is 8.94. The molecule has 0 aliphatic heterocycles. The van der Waals surface area contributed by atoms with Crippen LogP contribution in [-0.2, 0) is 23.9 Å². The lowest BCUT2D eigenvalue weighted by Crippen LogP contribution is -2.40. The predicted molar refractivity (Wildman–Crippen MR) is 65.9 cm³/mol. The van der Waals surface area contributed by atoms with Crippen LogP contribution in [0.2, 0.25) is 0 Å². The van der Waals surface area contributed by atoms with Gasteiger partial charge in [0.15, 0.2) is 5.41 Å². The summed E-state index contributed by atoms with van der Waals surface area (Å²) in [6.07, 6.45) is 7.42. The fourth-order valence-electron chi connectivity index (χ4n) is 1.50. The molecule has 104 valence electrons. The summed E-state index contributed by atoms with van der Waals surface area (Å²) in [7, 11) is 2.27. The zero-order chi connectivity index (χ0) is 14.9. The van der Waals surface area contributed by atoms with Crippen molar-refractivity contribution < 1.29 is 29.0 Å². The number of esters is 2. The molecule has 0 aromatic rings. The maximum atomic E-state index is 11.8. The van der Waals surface area contributed by atoms with Crippen molar-refractivity contribution in [3.8, 4) is 12.3 Å². The molecule has 0 rings (SSSR count). The predicted octanol–water partition coefficient (Wildman–Crippen LogP) is 0.763. The van der Waals surface area contributed by atoms with Gasteiger partial charge in [0.1, 0.15) is 0 Å². The van der Waals surface area contributed by atoms with Gasteiger partial charge in [-0.05, 0) is 6.42 Å². The zero-order valence-corrected chi connectivity index (χ0v) is 10.8. The van der Waals surface area contributed by atoms with E-state index in [0.717, 1.165) is 14.2 Å². The average Bonchev–Trinajstić information content (AvgIpc) is 2.40. The second-order valence-corrected chi connectivity index (χ2v) is 3.72. The Bertz CT molecular complexity index is 399. The van der Waals surface area contributed by atoms with Gasteiger partial charge in [0.25, 0.3) is 0 Å². The van der Waals surface area contributed by atoms with E-state index >= 15 is 0 Å². The van der Waals surface area contributed by atoms with Crippen molar-refractivity contribution in [2.24, 2.45) is 5.41 Å². The monoisotopic (exact) mass is 268 g/mol. The normalized spacial score (nSPS) is 10.8. The number of carbonyl (C=O) groups is 3. The Hall–Kier alpha value is -2.29. The van der Waals surface area contributed by atoms with Gasteiger partial charge in [-0.3, -0.25) is 14.4 Å². The van der Waals surface area contributed by atoms with Crippen LogP contribution in [0.1, 0.15) is 19.3 Å². The number of allylic oxidation sites excluding steroid dienone is 1. The highest BCUT2D eigenvalue weighted by molar-refractivity contribution is 6.00. The van der Waals surface area contributed by atoms with E-state index in [-0.39, 0.29) is 19.3 Å². The summed E-state index contributed by atoms with van der Waals surface area (Å²) in [5.74, 6) is -0.398. The van der Waals surface area contributed by atoms with Gasteiger partial charge in [-0.15, -0.1) is 12.3 Å². The molecule has 0 aliphatic rings. The van der Waals surface area contributed by atoms with E-state index in [4.69, 9.17) is 11.5 Å². The van der Waals surface area contributed by atoms with Crippen LogP contribution in [0.25, 0.3) is 0 Å². The molecule has 0 radical (unpaired) electrons. The van der Waals surface area contributed by atoms with Crippen molar-refractivity contribution >= 4 is 17.9 Å². The van der Waals surface area contributed by atoms with E-state index in [1.54, 1.807) is 0 Å². The van der Waals surface area contributed by atoms with Gasteiger partial charge >= 0.3 is 17.9 Å². The number of carboxylic acid groups (broad SMARTS) is 1. The third-order valence-corrected chi connectivity index (χ3v) is 2.48. The smallest absolute Gasteiger partial charge is 0.324 e. The van der Waals surface area contributed by atoms with E-state index in [2.05, 4.69) is 15.4 Å².